The molecule has 0 aliphatic heterocycles. The van der Waals surface area contributed by atoms with Gasteiger partial charge in [0.2, 0.25) is 0 Å². The van der Waals surface area contributed by atoms with Crippen LogP contribution in [0, 0.1) is 0 Å². The molecule has 40 valence electrons. The van der Waals surface area contributed by atoms with E-state index in [0.29, 0.717) is 0 Å². The Balaban J connectivity index is -0.0000000800. The minimum Gasteiger partial charge on any atom is -0.759 e. The Hall–Kier alpha value is 1.66. The Morgan fingerprint density at radius 2 is 1.14 bits per heavy atom. The summed E-state index contributed by atoms with van der Waals surface area (Å²) in [6.45, 7) is 0. The molecule has 0 aromatic rings. The van der Waals surface area contributed by atoms with Crippen molar-refractivity contribution >= 4 is 70.2 Å². The van der Waals surface area contributed by atoms with E-state index in [4.69, 9.17) is 17.5 Å². The van der Waals surface area contributed by atoms with Crippen LogP contribution in [0.1, 0.15) is 0 Å². The Morgan fingerprint density at radius 1 is 1.14 bits per heavy atom. The molecule has 0 rings (SSSR count). The number of hydrogen-bond donors (Lipinski definition) is 0. The molecular formula is H4BaO4SSi. The topological polar surface area (TPSA) is 80.3 Å². The molecule has 0 N–H and O–H groups in total. The van der Waals surface area contributed by atoms with Gasteiger partial charge in [-0.05, 0) is 11.0 Å². The van der Waals surface area contributed by atoms with Crippen molar-refractivity contribution in [3.8, 4) is 0 Å². The van der Waals surface area contributed by atoms with Gasteiger partial charge in [-0.2, -0.15) is 0 Å². The van der Waals surface area contributed by atoms with E-state index in [0.717, 1.165) is 0 Å². The third-order valence-electron chi connectivity index (χ3n) is 0. The molecule has 7 heteroatoms. The fourth-order valence-electron chi connectivity index (χ4n) is 0. The summed E-state index contributed by atoms with van der Waals surface area (Å²) in [6.07, 6.45) is 0. The minimum atomic E-state index is -5.17. The van der Waals surface area contributed by atoms with Gasteiger partial charge < -0.3 is 9.11 Å². The van der Waals surface area contributed by atoms with Crippen LogP contribution in [0.5, 0.6) is 0 Å². The zero-order chi connectivity index (χ0) is 4.50. The molecule has 0 aromatic carbocycles. The Kier molecular flexibility index (Phi) is 13.1. The second kappa shape index (κ2) is 5.79. The Labute approximate surface area is 86.4 Å². The van der Waals surface area contributed by atoms with E-state index in [1.165, 1.54) is 0 Å². The van der Waals surface area contributed by atoms with Gasteiger partial charge in [-0.15, -0.1) is 0 Å². The molecule has 0 aliphatic rings. The number of rotatable bonds is 0. The summed E-state index contributed by atoms with van der Waals surface area (Å²) in [5, 5.41) is 0. The summed E-state index contributed by atoms with van der Waals surface area (Å²) in [6, 6.07) is 0. The van der Waals surface area contributed by atoms with E-state index >= 15 is 0 Å². The molecular weight excluding hydrogens is 261 g/mol. The van der Waals surface area contributed by atoms with E-state index in [1.54, 1.807) is 0 Å². The van der Waals surface area contributed by atoms with Gasteiger partial charge in [-0.1, -0.05) is 0 Å². The molecule has 0 saturated carbocycles. The normalized spacial score (nSPS) is 8.29. The summed E-state index contributed by atoms with van der Waals surface area (Å²) in [5.74, 6) is 0. The van der Waals surface area contributed by atoms with Gasteiger partial charge in [0.25, 0.3) is 0 Å². The van der Waals surface area contributed by atoms with Crippen molar-refractivity contribution in [2.45, 2.75) is 0 Å². The van der Waals surface area contributed by atoms with Crippen molar-refractivity contribution in [1.82, 2.24) is 0 Å². The summed E-state index contributed by atoms with van der Waals surface area (Å²) in [4.78, 5) is 0. The van der Waals surface area contributed by atoms with Gasteiger partial charge in [-0.25, -0.2) is 0 Å². The standard InChI is InChI=1S/Ba.H2O4S.H4Si/c;1-5(2,3)4;/h;(H2,1,2,3,4);1H4/q+2;;/p-2. The van der Waals surface area contributed by atoms with Crippen LogP contribution in [-0.2, 0) is 10.4 Å². The third kappa shape index (κ3) is 89.2. The van der Waals surface area contributed by atoms with Crippen molar-refractivity contribution in [2.75, 3.05) is 0 Å². The first-order chi connectivity index (χ1) is 2.00. The van der Waals surface area contributed by atoms with Crippen LogP contribution >= 0.6 is 0 Å². The summed E-state index contributed by atoms with van der Waals surface area (Å²) in [7, 11) is -5.17. The van der Waals surface area contributed by atoms with Crippen molar-refractivity contribution < 1.29 is 17.5 Å². The van der Waals surface area contributed by atoms with E-state index < -0.39 is 10.4 Å². The van der Waals surface area contributed by atoms with E-state index in [9.17, 15) is 0 Å². The van der Waals surface area contributed by atoms with Crippen LogP contribution in [0.4, 0.5) is 0 Å². The fraction of sp³-hybridized carbons (Fsp3) is 0. The predicted molar refractivity (Wildman–Crippen MR) is 27.6 cm³/mol. The molecule has 0 spiro atoms. The monoisotopic (exact) mass is 266 g/mol. The molecule has 0 heterocycles. The van der Waals surface area contributed by atoms with Gasteiger partial charge >= 0.3 is 48.9 Å². The van der Waals surface area contributed by atoms with Gasteiger partial charge in [-0.3, -0.25) is 8.42 Å². The molecule has 0 amide bonds. The van der Waals surface area contributed by atoms with Crippen molar-refractivity contribution in [2.24, 2.45) is 0 Å². The summed E-state index contributed by atoms with van der Waals surface area (Å²) < 4.78 is 34.1. The maximum atomic E-state index is 8.52. The zero-order valence-corrected chi connectivity index (χ0v) is 8.01. The smallest absolute Gasteiger partial charge is 0.759 e. The molecule has 0 fully saturated rings. The molecule has 7 heavy (non-hydrogen) atoms. The third-order valence-corrected chi connectivity index (χ3v) is 0. The molecule has 0 saturated heterocycles. The van der Waals surface area contributed by atoms with Gasteiger partial charge in [0.15, 0.2) is 0 Å². The molecule has 0 atom stereocenters. The van der Waals surface area contributed by atoms with Crippen LogP contribution in [0.3, 0.4) is 0 Å². The van der Waals surface area contributed by atoms with Gasteiger partial charge in [0, 0.05) is 10.4 Å². The second-order valence-corrected chi connectivity index (χ2v) is 1.22. The molecule has 0 unspecified atom stereocenters. The molecule has 0 aliphatic carbocycles. The average Bonchev–Trinajstić information content (AvgIpc) is 0.722. The van der Waals surface area contributed by atoms with Crippen LogP contribution in [0.25, 0.3) is 0 Å². The molecule has 0 aromatic heterocycles. The number of hydrogen-bond acceptors (Lipinski definition) is 4. The van der Waals surface area contributed by atoms with Crippen molar-refractivity contribution in [3.63, 3.8) is 0 Å². The average molecular weight is 266 g/mol. The SMILES string of the molecule is O=S(=O)([O-])[O-].[Ba+2].[SiH4]. The fourth-order valence-corrected chi connectivity index (χ4v) is 0. The Bertz CT molecular complexity index is 94.9. The first-order valence-electron chi connectivity index (χ1n) is 0.667. The van der Waals surface area contributed by atoms with Crippen LogP contribution in [0.15, 0.2) is 0 Å². The second-order valence-electron chi connectivity index (χ2n) is 0.408. The molecule has 0 bridgehead atoms. The van der Waals surface area contributed by atoms with E-state index in [-0.39, 0.29) is 59.8 Å². The van der Waals surface area contributed by atoms with Gasteiger partial charge in [0.05, 0.1) is 0 Å². The van der Waals surface area contributed by atoms with E-state index in [1.807, 2.05) is 0 Å². The van der Waals surface area contributed by atoms with Crippen molar-refractivity contribution in [3.05, 3.63) is 0 Å². The molecule has 4 nitrogen and oxygen atoms in total. The maximum absolute atomic E-state index is 8.52. The molecule has 0 radical (unpaired) electrons. The Morgan fingerprint density at radius 3 is 1.14 bits per heavy atom. The van der Waals surface area contributed by atoms with Crippen LogP contribution < -0.4 is 0 Å². The first kappa shape index (κ1) is 15.9. The maximum Gasteiger partial charge on any atom is 2.00 e. The van der Waals surface area contributed by atoms with Crippen molar-refractivity contribution in [1.29, 1.82) is 0 Å². The predicted octanol–water partition coefficient (Wildman–Crippen LogP) is -3.17. The van der Waals surface area contributed by atoms with Crippen LogP contribution in [0.2, 0.25) is 0 Å². The van der Waals surface area contributed by atoms with Crippen LogP contribution in [-0.4, -0.2) is 77.4 Å². The largest absolute Gasteiger partial charge is 2.00 e. The van der Waals surface area contributed by atoms with Gasteiger partial charge in [0.1, 0.15) is 0 Å². The summed E-state index contributed by atoms with van der Waals surface area (Å²) in [5.41, 5.74) is 0. The minimum absolute atomic E-state index is 0. The zero-order valence-electron chi connectivity index (χ0n) is 2.75. The summed E-state index contributed by atoms with van der Waals surface area (Å²) >= 11 is 0. The first-order valence-corrected chi connectivity index (χ1v) is 2.00. The quantitative estimate of drug-likeness (QED) is 0.263. The van der Waals surface area contributed by atoms with E-state index in [2.05, 4.69) is 0 Å².